The summed E-state index contributed by atoms with van der Waals surface area (Å²) in [6.07, 6.45) is -4.87. The maximum absolute atomic E-state index is 12.4. The van der Waals surface area contributed by atoms with Crippen LogP contribution in [0.2, 0.25) is 0 Å². The number of carbonyl (C=O) groups excluding carboxylic acids is 1. The first-order valence-corrected chi connectivity index (χ1v) is 5.52. The third kappa shape index (κ3) is 3.10. The largest absolute Gasteiger partial charge is 0.455 e. The molecule has 0 aromatic carbocycles. The maximum atomic E-state index is 12.4. The zero-order valence-corrected chi connectivity index (χ0v) is 10.5. The molecule has 0 saturated heterocycles. The Hall–Kier alpha value is -1.37. The smallest absolute Gasteiger partial charge is 0.380 e. The SMILES string of the molecule is CCOCCn1nc(C)c(C(=O)C(F)(F)F)c1C. The maximum Gasteiger partial charge on any atom is 0.455 e. The van der Waals surface area contributed by atoms with E-state index in [-0.39, 0.29) is 17.0 Å². The van der Waals surface area contributed by atoms with Crippen molar-refractivity contribution in [1.82, 2.24) is 9.78 Å². The minimum Gasteiger partial charge on any atom is -0.380 e. The number of rotatable bonds is 5. The Balaban J connectivity index is 2.98. The monoisotopic (exact) mass is 264 g/mol. The summed E-state index contributed by atoms with van der Waals surface area (Å²) in [5.74, 6) is -1.85. The summed E-state index contributed by atoms with van der Waals surface area (Å²) in [6.45, 7) is 5.85. The van der Waals surface area contributed by atoms with Crippen molar-refractivity contribution in [3.05, 3.63) is 17.0 Å². The van der Waals surface area contributed by atoms with E-state index >= 15 is 0 Å². The van der Waals surface area contributed by atoms with Crippen LogP contribution in [0.4, 0.5) is 13.2 Å². The van der Waals surface area contributed by atoms with Crippen LogP contribution in [0, 0.1) is 13.8 Å². The van der Waals surface area contributed by atoms with Crippen LogP contribution in [0.15, 0.2) is 0 Å². The number of hydrogen-bond donors (Lipinski definition) is 0. The van der Waals surface area contributed by atoms with Gasteiger partial charge in [-0.3, -0.25) is 9.48 Å². The summed E-state index contributed by atoms with van der Waals surface area (Å²) in [4.78, 5) is 11.2. The highest BCUT2D eigenvalue weighted by Gasteiger charge is 2.42. The molecule has 0 N–H and O–H groups in total. The number of halogens is 3. The summed E-state index contributed by atoms with van der Waals surface area (Å²) in [5.41, 5.74) is -0.0557. The molecule has 0 spiro atoms. The van der Waals surface area contributed by atoms with Gasteiger partial charge < -0.3 is 4.74 Å². The number of alkyl halides is 3. The van der Waals surface area contributed by atoms with Crippen LogP contribution in [-0.2, 0) is 11.3 Å². The molecule has 1 heterocycles. The fraction of sp³-hybridized carbons (Fsp3) is 0.636. The van der Waals surface area contributed by atoms with Gasteiger partial charge in [0.05, 0.1) is 24.4 Å². The van der Waals surface area contributed by atoms with Crippen LogP contribution in [-0.4, -0.2) is 35.0 Å². The first-order chi connectivity index (χ1) is 8.29. The van der Waals surface area contributed by atoms with E-state index in [0.717, 1.165) is 0 Å². The van der Waals surface area contributed by atoms with Crippen LogP contribution in [0.25, 0.3) is 0 Å². The van der Waals surface area contributed by atoms with E-state index in [2.05, 4.69) is 5.10 Å². The molecule has 0 fully saturated rings. The van der Waals surface area contributed by atoms with E-state index in [0.29, 0.717) is 19.8 Å². The van der Waals surface area contributed by atoms with Crippen LogP contribution in [0.3, 0.4) is 0 Å². The quantitative estimate of drug-likeness (QED) is 0.605. The third-order valence-electron chi connectivity index (χ3n) is 2.52. The van der Waals surface area contributed by atoms with E-state index in [9.17, 15) is 18.0 Å². The summed E-state index contributed by atoms with van der Waals surface area (Å²) in [7, 11) is 0. The second kappa shape index (κ2) is 5.51. The van der Waals surface area contributed by atoms with Gasteiger partial charge in [0.2, 0.25) is 0 Å². The van der Waals surface area contributed by atoms with Crippen molar-refractivity contribution in [3.8, 4) is 0 Å². The van der Waals surface area contributed by atoms with Crippen molar-refractivity contribution >= 4 is 5.78 Å². The van der Waals surface area contributed by atoms with Crippen molar-refractivity contribution in [3.63, 3.8) is 0 Å². The van der Waals surface area contributed by atoms with Gasteiger partial charge in [0.15, 0.2) is 0 Å². The van der Waals surface area contributed by atoms with E-state index in [4.69, 9.17) is 4.74 Å². The predicted octanol–water partition coefficient (Wildman–Crippen LogP) is 2.28. The molecule has 1 rings (SSSR count). The number of aryl methyl sites for hydroxylation is 1. The molecule has 102 valence electrons. The van der Waals surface area contributed by atoms with Gasteiger partial charge in [-0.2, -0.15) is 18.3 Å². The van der Waals surface area contributed by atoms with E-state index in [1.165, 1.54) is 18.5 Å². The fourth-order valence-corrected chi connectivity index (χ4v) is 1.68. The van der Waals surface area contributed by atoms with Crippen LogP contribution in [0.1, 0.15) is 28.7 Å². The molecule has 0 aliphatic heterocycles. The molecule has 4 nitrogen and oxygen atoms in total. The Labute approximate surface area is 103 Å². The van der Waals surface area contributed by atoms with Crippen LogP contribution >= 0.6 is 0 Å². The Morgan fingerprint density at radius 2 is 2.00 bits per heavy atom. The lowest BCUT2D eigenvalue weighted by atomic mass is 10.1. The summed E-state index contributed by atoms with van der Waals surface area (Å²) >= 11 is 0. The molecule has 0 amide bonds. The highest BCUT2D eigenvalue weighted by Crippen LogP contribution is 2.25. The first kappa shape index (κ1) is 14.7. The van der Waals surface area contributed by atoms with Gasteiger partial charge in [0.1, 0.15) is 0 Å². The molecule has 0 bridgehead atoms. The van der Waals surface area contributed by atoms with Gasteiger partial charge >= 0.3 is 6.18 Å². The van der Waals surface area contributed by atoms with E-state index < -0.39 is 12.0 Å². The Morgan fingerprint density at radius 3 is 2.50 bits per heavy atom. The third-order valence-corrected chi connectivity index (χ3v) is 2.52. The summed E-state index contributed by atoms with van der Waals surface area (Å²) in [5, 5.41) is 3.93. The van der Waals surface area contributed by atoms with Crippen molar-refractivity contribution < 1.29 is 22.7 Å². The molecular weight excluding hydrogens is 249 g/mol. The lowest BCUT2D eigenvalue weighted by molar-refractivity contribution is -0.0886. The van der Waals surface area contributed by atoms with Crippen molar-refractivity contribution in [1.29, 1.82) is 0 Å². The second-order valence-corrected chi connectivity index (χ2v) is 3.79. The average molecular weight is 264 g/mol. The van der Waals surface area contributed by atoms with Crippen LogP contribution < -0.4 is 0 Å². The topological polar surface area (TPSA) is 44.1 Å². The Morgan fingerprint density at radius 1 is 1.39 bits per heavy atom. The Kier molecular flexibility index (Phi) is 4.50. The molecule has 0 unspecified atom stereocenters. The lowest BCUT2D eigenvalue weighted by Crippen LogP contribution is -2.24. The standard InChI is InChI=1S/C11H15F3N2O2/c1-4-18-6-5-16-8(3)9(7(2)15-16)10(17)11(12,13)14/h4-6H2,1-3H3. The fourth-order valence-electron chi connectivity index (χ4n) is 1.68. The molecule has 7 heteroatoms. The highest BCUT2D eigenvalue weighted by atomic mass is 19.4. The van der Waals surface area contributed by atoms with Gasteiger partial charge in [0, 0.05) is 12.3 Å². The zero-order chi connectivity index (χ0) is 13.9. The van der Waals surface area contributed by atoms with Crippen molar-refractivity contribution in [2.75, 3.05) is 13.2 Å². The van der Waals surface area contributed by atoms with E-state index in [1.807, 2.05) is 6.92 Å². The molecule has 1 aromatic rings. The van der Waals surface area contributed by atoms with Crippen molar-refractivity contribution in [2.45, 2.75) is 33.5 Å². The second-order valence-electron chi connectivity index (χ2n) is 3.79. The molecule has 0 atom stereocenters. The van der Waals surface area contributed by atoms with Gasteiger partial charge in [-0.05, 0) is 20.8 Å². The molecular formula is C11H15F3N2O2. The van der Waals surface area contributed by atoms with Crippen LogP contribution in [0.5, 0.6) is 0 Å². The number of Topliss-reactive ketones (excluding diaryl/α,β-unsaturated/α-hetero) is 1. The number of hydrogen-bond acceptors (Lipinski definition) is 3. The number of nitrogens with zero attached hydrogens (tertiary/aromatic N) is 2. The molecule has 0 saturated carbocycles. The molecule has 1 aromatic heterocycles. The molecule has 0 radical (unpaired) electrons. The van der Waals surface area contributed by atoms with E-state index in [1.54, 1.807) is 0 Å². The first-order valence-electron chi connectivity index (χ1n) is 5.52. The summed E-state index contributed by atoms with van der Waals surface area (Å²) in [6, 6.07) is 0. The number of carbonyl (C=O) groups is 1. The van der Waals surface area contributed by atoms with Gasteiger partial charge in [0.25, 0.3) is 5.78 Å². The lowest BCUT2D eigenvalue weighted by Gasteiger charge is -2.07. The minimum absolute atomic E-state index is 0.0892. The number of aromatic nitrogens is 2. The average Bonchev–Trinajstić information content (AvgIpc) is 2.52. The number of ether oxygens (including phenoxy) is 1. The normalized spacial score (nSPS) is 11.9. The van der Waals surface area contributed by atoms with Crippen molar-refractivity contribution in [2.24, 2.45) is 0 Å². The van der Waals surface area contributed by atoms with Gasteiger partial charge in [-0.15, -0.1) is 0 Å². The number of ketones is 1. The highest BCUT2D eigenvalue weighted by molar-refractivity contribution is 6.02. The van der Waals surface area contributed by atoms with Gasteiger partial charge in [-0.25, -0.2) is 0 Å². The Bertz CT molecular complexity index is 438. The molecule has 0 aliphatic carbocycles. The zero-order valence-electron chi connectivity index (χ0n) is 10.5. The predicted molar refractivity (Wildman–Crippen MR) is 58.6 cm³/mol. The molecule has 0 aliphatic rings. The van der Waals surface area contributed by atoms with Gasteiger partial charge in [-0.1, -0.05) is 0 Å². The summed E-state index contributed by atoms with van der Waals surface area (Å²) < 4.78 is 43.7. The minimum atomic E-state index is -4.87. The molecule has 18 heavy (non-hydrogen) atoms.